The van der Waals surface area contributed by atoms with Crippen LogP contribution in [0.1, 0.15) is 46.6 Å². The molecule has 3 aromatic carbocycles. The Kier molecular flexibility index (Phi) is 5.68. The van der Waals surface area contributed by atoms with Crippen LogP contribution in [0, 0.1) is 5.41 Å². The quantitative estimate of drug-likeness (QED) is 0.398. The molecule has 0 aliphatic carbocycles. The molecule has 34 heavy (non-hydrogen) atoms. The molecule has 0 saturated heterocycles. The molecule has 7 nitrogen and oxygen atoms in total. The summed E-state index contributed by atoms with van der Waals surface area (Å²) in [5, 5.41) is 30.0. The SMILES string of the molecule is CC(C)(C)CC(C)(C)c1cc(-n2nc3ccc(S(=O)(=O)c4ccccc4)cc3n2)c(O)cc1O. The van der Waals surface area contributed by atoms with E-state index in [1.165, 1.54) is 23.0 Å². The summed E-state index contributed by atoms with van der Waals surface area (Å²) in [6.45, 7) is 10.5. The Balaban J connectivity index is 1.79. The molecule has 0 amide bonds. The van der Waals surface area contributed by atoms with Gasteiger partial charge in [0.2, 0.25) is 9.84 Å². The molecule has 1 aromatic heterocycles. The van der Waals surface area contributed by atoms with Crippen molar-refractivity contribution in [3.05, 3.63) is 66.2 Å². The highest BCUT2D eigenvalue weighted by Crippen LogP contribution is 2.42. The molecule has 178 valence electrons. The van der Waals surface area contributed by atoms with Gasteiger partial charge in [-0.15, -0.1) is 15.0 Å². The van der Waals surface area contributed by atoms with Crippen molar-refractivity contribution in [2.24, 2.45) is 5.41 Å². The number of hydrogen-bond acceptors (Lipinski definition) is 6. The van der Waals surface area contributed by atoms with Gasteiger partial charge in [-0.1, -0.05) is 52.8 Å². The Labute approximate surface area is 199 Å². The van der Waals surface area contributed by atoms with Gasteiger partial charge in [-0.25, -0.2) is 8.42 Å². The molecule has 0 atom stereocenters. The summed E-state index contributed by atoms with van der Waals surface area (Å²) in [7, 11) is -3.70. The summed E-state index contributed by atoms with van der Waals surface area (Å²) in [5.41, 5.74) is 1.47. The highest BCUT2D eigenvalue weighted by Gasteiger charge is 2.31. The third kappa shape index (κ3) is 4.50. The second-order valence-electron chi connectivity index (χ2n) is 10.4. The maximum absolute atomic E-state index is 13.0. The topological polar surface area (TPSA) is 105 Å². The Morgan fingerprint density at radius 1 is 0.794 bits per heavy atom. The molecule has 8 heteroatoms. The van der Waals surface area contributed by atoms with Gasteiger partial charge in [-0.05, 0) is 53.6 Å². The third-order valence-corrected chi connectivity index (χ3v) is 7.49. The van der Waals surface area contributed by atoms with Crippen LogP contribution in [-0.2, 0) is 15.3 Å². The predicted molar refractivity (Wildman–Crippen MR) is 131 cm³/mol. The van der Waals surface area contributed by atoms with Crippen molar-refractivity contribution in [3.8, 4) is 17.2 Å². The standard InChI is InChI=1S/C26H29N3O4S/c1-25(2,3)16-26(4,5)19-14-22(24(31)15-23(19)30)29-27-20-12-11-18(13-21(20)28-29)34(32,33)17-9-7-6-8-10-17/h6-15,30-31H,16H2,1-5H3. The van der Waals surface area contributed by atoms with E-state index < -0.39 is 9.84 Å². The zero-order valence-electron chi connectivity index (χ0n) is 19.9. The predicted octanol–water partition coefficient (Wildman–Crippen LogP) is 5.38. The first kappa shape index (κ1) is 23.8. The molecule has 1 heterocycles. The molecular formula is C26H29N3O4S. The molecule has 0 fully saturated rings. The Bertz CT molecular complexity index is 1470. The number of fused-ring (bicyclic) bond motifs is 1. The maximum atomic E-state index is 13.0. The zero-order chi connectivity index (χ0) is 24.9. The highest BCUT2D eigenvalue weighted by molar-refractivity contribution is 7.91. The minimum Gasteiger partial charge on any atom is -0.508 e. The van der Waals surface area contributed by atoms with Crippen molar-refractivity contribution in [2.45, 2.75) is 56.2 Å². The smallest absolute Gasteiger partial charge is 0.206 e. The van der Waals surface area contributed by atoms with E-state index in [1.54, 1.807) is 42.5 Å². The van der Waals surface area contributed by atoms with Crippen molar-refractivity contribution in [1.82, 2.24) is 15.0 Å². The minimum absolute atomic E-state index is 0.00320. The highest BCUT2D eigenvalue weighted by atomic mass is 32.2. The average Bonchev–Trinajstić information content (AvgIpc) is 3.15. The number of phenolic OH excluding ortho intramolecular Hbond substituents is 2. The molecule has 0 aliphatic rings. The van der Waals surface area contributed by atoms with E-state index in [0.717, 1.165) is 6.42 Å². The number of nitrogens with zero attached hydrogens (tertiary/aromatic N) is 3. The van der Waals surface area contributed by atoms with Crippen LogP contribution in [0.15, 0.2) is 70.5 Å². The second kappa shape index (κ2) is 8.13. The van der Waals surface area contributed by atoms with Crippen molar-refractivity contribution in [1.29, 1.82) is 0 Å². The molecule has 4 rings (SSSR count). The summed E-state index contributed by atoms with van der Waals surface area (Å²) in [6, 6.07) is 15.8. The number of phenols is 2. The van der Waals surface area contributed by atoms with Gasteiger partial charge in [0.15, 0.2) is 0 Å². The first-order valence-corrected chi connectivity index (χ1v) is 12.5. The van der Waals surface area contributed by atoms with Gasteiger partial charge in [0, 0.05) is 11.6 Å². The summed E-state index contributed by atoms with van der Waals surface area (Å²) >= 11 is 0. The lowest BCUT2D eigenvalue weighted by molar-refractivity contribution is 0.278. The number of aromatic hydroxyl groups is 2. The lowest BCUT2D eigenvalue weighted by Crippen LogP contribution is -2.25. The fraction of sp³-hybridized carbons (Fsp3) is 0.308. The Morgan fingerprint density at radius 3 is 2.09 bits per heavy atom. The van der Waals surface area contributed by atoms with E-state index in [-0.39, 0.29) is 32.1 Å². The van der Waals surface area contributed by atoms with Crippen LogP contribution >= 0.6 is 0 Å². The maximum Gasteiger partial charge on any atom is 0.206 e. The molecule has 0 spiro atoms. The Morgan fingerprint density at radius 2 is 1.44 bits per heavy atom. The molecule has 2 N–H and O–H groups in total. The summed E-state index contributed by atoms with van der Waals surface area (Å²) < 4.78 is 26.0. The van der Waals surface area contributed by atoms with Crippen LogP contribution < -0.4 is 0 Å². The van der Waals surface area contributed by atoms with E-state index in [1.807, 2.05) is 13.8 Å². The van der Waals surface area contributed by atoms with Crippen molar-refractivity contribution < 1.29 is 18.6 Å². The van der Waals surface area contributed by atoms with Gasteiger partial charge in [0.05, 0.1) is 9.79 Å². The average molecular weight is 480 g/mol. The van der Waals surface area contributed by atoms with Gasteiger partial charge in [0.1, 0.15) is 28.2 Å². The van der Waals surface area contributed by atoms with E-state index in [0.29, 0.717) is 22.3 Å². The first-order valence-electron chi connectivity index (χ1n) is 11.0. The molecule has 0 bridgehead atoms. The van der Waals surface area contributed by atoms with Crippen molar-refractivity contribution in [2.75, 3.05) is 0 Å². The Hall–Kier alpha value is -3.39. The monoisotopic (exact) mass is 479 g/mol. The van der Waals surface area contributed by atoms with Gasteiger partial charge >= 0.3 is 0 Å². The molecule has 0 saturated carbocycles. The van der Waals surface area contributed by atoms with Crippen LogP contribution in [0.5, 0.6) is 11.5 Å². The molecule has 0 aliphatic heterocycles. The lowest BCUT2D eigenvalue weighted by atomic mass is 9.72. The second-order valence-corrected chi connectivity index (χ2v) is 12.4. The van der Waals surface area contributed by atoms with Gasteiger partial charge in [-0.3, -0.25) is 0 Å². The molecular weight excluding hydrogens is 450 g/mol. The fourth-order valence-electron chi connectivity index (χ4n) is 4.59. The van der Waals surface area contributed by atoms with Crippen LogP contribution in [-0.4, -0.2) is 33.6 Å². The van der Waals surface area contributed by atoms with Crippen LogP contribution in [0.25, 0.3) is 16.7 Å². The van der Waals surface area contributed by atoms with Gasteiger partial charge in [0.25, 0.3) is 0 Å². The van der Waals surface area contributed by atoms with Crippen LogP contribution in [0.3, 0.4) is 0 Å². The number of aromatic nitrogens is 3. The van der Waals surface area contributed by atoms with Crippen molar-refractivity contribution in [3.63, 3.8) is 0 Å². The largest absolute Gasteiger partial charge is 0.508 e. The zero-order valence-corrected chi connectivity index (χ0v) is 20.8. The number of rotatable bonds is 5. The molecule has 0 radical (unpaired) electrons. The van der Waals surface area contributed by atoms with Gasteiger partial charge in [-0.2, -0.15) is 0 Å². The summed E-state index contributed by atoms with van der Waals surface area (Å²) in [6.07, 6.45) is 0.799. The van der Waals surface area contributed by atoms with E-state index in [9.17, 15) is 18.6 Å². The normalized spacial score (nSPS) is 12.9. The summed E-state index contributed by atoms with van der Waals surface area (Å²) in [5.74, 6) is -0.173. The lowest BCUT2D eigenvalue weighted by Gasteiger charge is -2.33. The minimum atomic E-state index is -3.70. The van der Waals surface area contributed by atoms with E-state index in [4.69, 9.17) is 0 Å². The van der Waals surface area contributed by atoms with E-state index >= 15 is 0 Å². The summed E-state index contributed by atoms with van der Waals surface area (Å²) in [4.78, 5) is 1.58. The van der Waals surface area contributed by atoms with Crippen molar-refractivity contribution >= 4 is 20.9 Å². The number of hydrogen-bond donors (Lipinski definition) is 2. The van der Waals surface area contributed by atoms with E-state index in [2.05, 4.69) is 31.0 Å². The number of benzene rings is 3. The fourth-order valence-corrected chi connectivity index (χ4v) is 5.90. The third-order valence-electron chi connectivity index (χ3n) is 5.73. The molecule has 0 unspecified atom stereocenters. The number of sulfone groups is 1. The van der Waals surface area contributed by atoms with Crippen LogP contribution in [0.2, 0.25) is 0 Å². The first-order chi connectivity index (χ1) is 15.8. The van der Waals surface area contributed by atoms with Gasteiger partial charge < -0.3 is 10.2 Å². The molecule has 4 aromatic rings. The van der Waals surface area contributed by atoms with Crippen LogP contribution in [0.4, 0.5) is 0 Å².